The van der Waals surface area contributed by atoms with Gasteiger partial charge in [-0.2, -0.15) is 0 Å². The van der Waals surface area contributed by atoms with Crippen molar-refractivity contribution in [1.29, 1.82) is 0 Å². The summed E-state index contributed by atoms with van der Waals surface area (Å²) >= 11 is 0. The van der Waals surface area contributed by atoms with Crippen molar-refractivity contribution in [3.63, 3.8) is 0 Å². The van der Waals surface area contributed by atoms with Crippen LogP contribution in [0.1, 0.15) is 63.1 Å². The van der Waals surface area contributed by atoms with Crippen molar-refractivity contribution in [1.82, 2.24) is 26.2 Å². The van der Waals surface area contributed by atoms with E-state index in [1.165, 1.54) is 29.2 Å². The highest BCUT2D eigenvalue weighted by molar-refractivity contribution is 5.95. The number of nitrogens with one attached hydrogen (secondary N) is 4. The van der Waals surface area contributed by atoms with Crippen LogP contribution >= 0.6 is 0 Å². The normalized spacial score (nSPS) is 14.5. The number of rotatable bonds is 18. The van der Waals surface area contributed by atoms with Crippen molar-refractivity contribution in [3.8, 4) is 0 Å². The summed E-state index contributed by atoms with van der Waals surface area (Å²) in [4.78, 5) is 91.8. The maximum Gasteiger partial charge on any atom is 0.408 e. The number of non-ortho nitro benzene ring substituents is 1. The molecule has 1 aliphatic rings. The predicted octanol–water partition coefficient (Wildman–Crippen LogP) is 5.23. The van der Waals surface area contributed by atoms with Gasteiger partial charge >= 0.3 is 18.2 Å². The molecule has 4 aromatic rings. The second-order valence-electron chi connectivity index (χ2n) is 15.8. The number of likely N-dealkylation sites (tertiary alicyclic amines) is 1. The van der Waals surface area contributed by atoms with Gasteiger partial charge in [0.1, 0.15) is 43.5 Å². The van der Waals surface area contributed by atoms with Crippen LogP contribution in [-0.4, -0.2) is 89.1 Å². The number of hydrogen-bond donors (Lipinski definition) is 4. The number of carbonyl (C=O) groups excluding carboxylic acids is 6. The van der Waals surface area contributed by atoms with Gasteiger partial charge in [0.25, 0.3) is 5.69 Å². The van der Waals surface area contributed by atoms with E-state index in [-0.39, 0.29) is 51.3 Å². The maximum absolute atomic E-state index is 14.5. The Morgan fingerprint density at radius 2 is 1.44 bits per heavy atom. The van der Waals surface area contributed by atoms with E-state index in [4.69, 9.17) is 14.2 Å². The van der Waals surface area contributed by atoms with Gasteiger partial charge in [0.2, 0.25) is 17.7 Å². The van der Waals surface area contributed by atoms with Crippen LogP contribution in [0.15, 0.2) is 97.1 Å². The molecule has 0 aliphatic carbocycles. The summed E-state index contributed by atoms with van der Waals surface area (Å²) in [6, 6.07) is 24.7. The molecular formula is C45H52N6O11. The molecule has 5 rings (SSSR count). The molecule has 0 spiro atoms. The van der Waals surface area contributed by atoms with Gasteiger partial charge in [-0.3, -0.25) is 29.3 Å². The van der Waals surface area contributed by atoms with Crippen LogP contribution in [0.5, 0.6) is 0 Å². The number of benzene rings is 4. The van der Waals surface area contributed by atoms with Gasteiger partial charge in [0.05, 0.1) is 4.92 Å². The van der Waals surface area contributed by atoms with E-state index in [1.807, 2.05) is 72.8 Å². The topological polar surface area (TPSA) is 225 Å². The van der Waals surface area contributed by atoms with Crippen molar-refractivity contribution in [2.45, 2.75) is 89.8 Å². The third kappa shape index (κ3) is 14.3. The molecule has 1 heterocycles. The fourth-order valence-corrected chi connectivity index (χ4v) is 6.77. The number of fused-ring (bicyclic) bond motifs is 1. The molecule has 0 aromatic heterocycles. The maximum atomic E-state index is 14.5. The Morgan fingerprint density at radius 3 is 2.15 bits per heavy atom. The van der Waals surface area contributed by atoms with Gasteiger partial charge in [-0.1, -0.05) is 72.8 Å². The Morgan fingerprint density at radius 1 is 0.774 bits per heavy atom. The summed E-state index contributed by atoms with van der Waals surface area (Å²) in [5.74, 6) is -2.56. The second kappa shape index (κ2) is 22.0. The van der Waals surface area contributed by atoms with Gasteiger partial charge in [0.15, 0.2) is 0 Å². The summed E-state index contributed by atoms with van der Waals surface area (Å²) in [6.07, 6.45) is -0.390. The smallest absolute Gasteiger partial charge is 0.408 e. The zero-order valence-corrected chi connectivity index (χ0v) is 34.9. The highest BCUT2D eigenvalue weighted by Crippen LogP contribution is 2.22. The van der Waals surface area contributed by atoms with Crippen molar-refractivity contribution in [2.75, 3.05) is 19.6 Å². The van der Waals surface area contributed by atoms with Gasteiger partial charge in [-0.25, -0.2) is 9.59 Å². The van der Waals surface area contributed by atoms with Gasteiger partial charge < -0.3 is 40.4 Å². The molecule has 328 valence electrons. The largest absolute Gasteiger partial charge is 0.460 e. The van der Waals surface area contributed by atoms with Crippen LogP contribution in [0.2, 0.25) is 0 Å². The van der Waals surface area contributed by atoms with Crippen LogP contribution in [0, 0.1) is 10.1 Å². The van der Waals surface area contributed by atoms with Crippen LogP contribution < -0.4 is 21.3 Å². The molecule has 0 bridgehead atoms. The first-order chi connectivity index (χ1) is 29.6. The molecule has 0 unspecified atom stereocenters. The standard InChI is InChI=1S/C45H52N6O11/c1-45(2,3)62-44(57)49-36(15-9-23-46-43(56)61-29-30-11-5-4-6-12-30)40(53)48-37(26-32-17-20-33-13-7-8-14-34(33)25-32)42(55)50-24-10-16-38(50)41(54)47-27-39(52)60-28-31-18-21-35(22-19-31)51(58)59/h4-8,11-14,17-22,25,36-38H,9-10,15-16,23-24,26-29H2,1-3H3,(H,46,56)(H,47,54)(H,48,53)(H,49,57)/t36-,37+,38+/m1/s1. The molecule has 4 aromatic carbocycles. The number of hydrogen-bond acceptors (Lipinski definition) is 11. The molecule has 17 nitrogen and oxygen atoms in total. The monoisotopic (exact) mass is 852 g/mol. The van der Waals surface area contributed by atoms with Crippen LogP contribution in [-0.2, 0) is 53.0 Å². The highest BCUT2D eigenvalue weighted by Gasteiger charge is 2.39. The number of nitro groups is 1. The quantitative estimate of drug-likeness (QED) is 0.0334. The average molecular weight is 853 g/mol. The summed E-state index contributed by atoms with van der Waals surface area (Å²) < 4.78 is 15.9. The van der Waals surface area contributed by atoms with Crippen LogP contribution in [0.4, 0.5) is 15.3 Å². The Balaban J connectivity index is 1.26. The Hall–Kier alpha value is -7.04. The molecule has 5 amide bonds. The number of nitro benzene ring substituents is 1. The highest BCUT2D eigenvalue weighted by atomic mass is 16.6. The van der Waals surface area contributed by atoms with Crippen molar-refractivity contribution < 1.29 is 47.9 Å². The molecular weight excluding hydrogens is 801 g/mol. The molecule has 17 heteroatoms. The summed E-state index contributed by atoms with van der Waals surface area (Å²) in [5.41, 5.74) is 1.07. The third-order valence-electron chi connectivity index (χ3n) is 9.82. The third-order valence-corrected chi connectivity index (χ3v) is 9.82. The first kappa shape index (κ1) is 46.0. The summed E-state index contributed by atoms with van der Waals surface area (Å²) in [7, 11) is 0. The van der Waals surface area contributed by atoms with E-state index in [2.05, 4.69) is 21.3 Å². The molecule has 1 aliphatic heterocycles. The molecule has 3 atom stereocenters. The van der Waals surface area contributed by atoms with Crippen molar-refractivity contribution >= 4 is 52.3 Å². The minimum absolute atomic E-state index is 0.0448. The number of ether oxygens (including phenoxy) is 3. The van der Waals surface area contributed by atoms with E-state index in [0.29, 0.717) is 18.4 Å². The number of alkyl carbamates (subject to hydrolysis) is 2. The second-order valence-corrected chi connectivity index (χ2v) is 15.8. The van der Waals surface area contributed by atoms with Gasteiger partial charge in [0, 0.05) is 31.6 Å². The van der Waals surface area contributed by atoms with Gasteiger partial charge in [-0.15, -0.1) is 0 Å². The fraction of sp³-hybridized carbons (Fsp3) is 0.378. The number of nitrogens with zero attached hydrogens (tertiary/aromatic N) is 2. The summed E-state index contributed by atoms with van der Waals surface area (Å²) in [6.45, 7) is 4.77. The molecule has 4 N–H and O–H groups in total. The lowest BCUT2D eigenvalue weighted by molar-refractivity contribution is -0.384. The Labute approximate surface area is 359 Å². The van der Waals surface area contributed by atoms with E-state index in [1.54, 1.807) is 20.8 Å². The zero-order valence-electron chi connectivity index (χ0n) is 34.9. The lowest BCUT2D eigenvalue weighted by Crippen LogP contribution is -2.57. The average Bonchev–Trinajstić information content (AvgIpc) is 3.75. The van der Waals surface area contributed by atoms with E-state index in [0.717, 1.165) is 21.9 Å². The first-order valence-corrected chi connectivity index (χ1v) is 20.3. The molecule has 1 saturated heterocycles. The predicted molar refractivity (Wildman–Crippen MR) is 227 cm³/mol. The minimum Gasteiger partial charge on any atom is -0.460 e. The number of carbonyl (C=O) groups is 6. The number of esters is 1. The molecule has 0 radical (unpaired) electrons. The van der Waals surface area contributed by atoms with Crippen molar-refractivity contribution in [3.05, 3.63) is 124 Å². The summed E-state index contributed by atoms with van der Waals surface area (Å²) in [5, 5.41) is 23.5. The minimum atomic E-state index is -1.19. The number of amides is 5. The Kier molecular flexibility index (Phi) is 16.3. The van der Waals surface area contributed by atoms with Gasteiger partial charge in [-0.05, 0) is 86.1 Å². The lowest BCUT2D eigenvalue weighted by Gasteiger charge is -2.30. The molecule has 1 fully saturated rings. The first-order valence-electron chi connectivity index (χ1n) is 20.3. The van der Waals surface area contributed by atoms with E-state index in [9.17, 15) is 38.9 Å². The Bertz CT molecular complexity index is 2210. The fourth-order valence-electron chi connectivity index (χ4n) is 6.77. The molecule has 62 heavy (non-hydrogen) atoms. The lowest BCUT2D eigenvalue weighted by atomic mass is 10.00. The van der Waals surface area contributed by atoms with Crippen molar-refractivity contribution in [2.24, 2.45) is 0 Å². The van der Waals surface area contributed by atoms with E-state index >= 15 is 0 Å². The SMILES string of the molecule is CC(C)(C)OC(=O)N[C@H](CCCNC(=O)OCc1ccccc1)C(=O)N[C@@H](Cc1ccc2ccccc2c1)C(=O)N1CCC[C@H]1C(=O)NCC(=O)OCc1ccc([N+](=O)[O-])cc1. The van der Waals surface area contributed by atoms with Crippen LogP contribution in [0.3, 0.4) is 0 Å². The van der Waals surface area contributed by atoms with Crippen LogP contribution in [0.25, 0.3) is 10.8 Å². The van der Waals surface area contributed by atoms with E-state index < -0.39 is 71.1 Å². The molecule has 0 saturated carbocycles. The zero-order chi connectivity index (χ0) is 44.6.